The summed E-state index contributed by atoms with van der Waals surface area (Å²) in [6, 6.07) is 0. The highest BCUT2D eigenvalue weighted by atomic mass is 16.5. The normalized spacial score (nSPS) is 18.1. The SMILES string of the molecule is COC1=NN[CH]C1. The predicted octanol–water partition coefficient (Wildman–Crippen LogP) is 0.101. The maximum absolute atomic E-state index is 4.77. The van der Waals surface area contributed by atoms with Crippen LogP contribution in [0.5, 0.6) is 0 Å². The van der Waals surface area contributed by atoms with Crippen molar-refractivity contribution in [3.63, 3.8) is 0 Å². The smallest absolute Gasteiger partial charge is 0.207 e. The van der Waals surface area contributed by atoms with Gasteiger partial charge in [-0.15, -0.1) is 5.10 Å². The van der Waals surface area contributed by atoms with Gasteiger partial charge in [0, 0.05) is 6.42 Å². The Labute approximate surface area is 42.4 Å². The van der Waals surface area contributed by atoms with Crippen molar-refractivity contribution in [3.05, 3.63) is 6.54 Å². The molecular weight excluding hydrogens is 92.1 g/mol. The van der Waals surface area contributed by atoms with E-state index in [-0.39, 0.29) is 0 Å². The Morgan fingerprint density at radius 1 is 2.00 bits per heavy atom. The van der Waals surface area contributed by atoms with E-state index in [0.717, 1.165) is 12.3 Å². The zero-order valence-electron chi connectivity index (χ0n) is 4.14. The van der Waals surface area contributed by atoms with Crippen molar-refractivity contribution in [2.24, 2.45) is 5.10 Å². The summed E-state index contributed by atoms with van der Waals surface area (Å²) in [7, 11) is 1.61. The number of nitrogens with one attached hydrogen (secondary N) is 1. The van der Waals surface area contributed by atoms with Gasteiger partial charge >= 0.3 is 0 Å². The maximum atomic E-state index is 4.77. The fraction of sp³-hybridized carbons (Fsp3) is 0.500. The topological polar surface area (TPSA) is 33.6 Å². The standard InChI is InChI=1S/C4H7N2O/c1-7-4-2-3-5-6-4/h3,5H,2H2,1H3. The summed E-state index contributed by atoms with van der Waals surface area (Å²) >= 11 is 0. The van der Waals surface area contributed by atoms with Crippen molar-refractivity contribution in [1.82, 2.24) is 5.43 Å². The second kappa shape index (κ2) is 1.82. The molecule has 0 unspecified atom stereocenters. The molecule has 1 aliphatic heterocycles. The van der Waals surface area contributed by atoms with Crippen LogP contribution in [0, 0.1) is 6.54 Å². The predicted molar refractivity (Wildman–Crippen MR) is 26.5 cm³/mol. The molecule has 0 saturated carbocycles. The molecule has 1 radical (unpaired) electrons. The van der Waals surface area contributed by atoms with E-state index in [9.17, 15) is 0 Å². The minimum Gasteiger partial charge on any atom is -0.483 e. The molecule has 0 spiro atoms. The zero-order chi connectivity index (χ0) is 5.11. The molecule has 0 atom stereocenters. The molecule has 7 heavy (non-hydrogen) atoms. The lowest BCUT2D eigenvalue weighted by molar-refractivity contribution is 0.396. The highest BCUT2D eigenvalue weighted by molar-refractivity contribution is 5.78. The van der Waals surface area contributed by atoms with Crippen molar-refractivity contribution in [3.8, 4) is 0 Å². The monoisotopic (exact) mass is 99.1 g/mol. The number of methoxy groups -OCH3 is 1. The first-order valence-corrected chi connectivity index (χ1v) is 2.11. The van der Waals surface area contributed by atoms with E-state index < -0.39 is 0 Å². The summed E-state index contributed by atoms with van der Waals surface area (Å²) in [4.78, 5) is 0. The molecule has 3 nitrogen and oxygen atoms in total. The van der Waals surface area contributed by atoms with Gasteiger partial charge in [0.05, 0.1) is 13.7 Å². The number of hydrogen-bond donors (Lipinski definition) is 1. The van der Waals surface area contributed by atoms with Crippen LogP contribution in [-0.2, 0) is 4.74 Å². The summed E-state index contributed by atoms with van der Waals surface area (Å²) in [5.74, 6) is 0.750. The highest BCUT2D eigenvalue weighted by Gasteiger charge is 2.02. The van der Waals surface area contributed by atoms with Crippen LogP contribution in [0.1, 0.15) is 6.42 Å². The third-order valence-electron chi connectivity index (χ3n) is 0.793. The van der Waals surface area contributed by atoms with E-state index in [1.54, 1.807) is 7.11 Å². The lowest BCUT2D eigenvalue weighted by Crippen LogP contribution is -1.93. The maximum Gasteiger partial charge on any atom is 0.207 e. The van der Waals surface area contributed by atoms with Gasteiger partial charge in [0.15, 0.2) is 0 Å². The van der Waals surface area contributed by atoms with Gasteiger partial charge in [0.1, 0.15) is 0 Å². The quantitative estimate of drug-likeness (QED) is 0.467. The molecule has 0 aromatic carbocycles. The van der Waals surface area contributed by atoms with Crippen LogP contribution in [0.2, 0.25) is 0 Å². The van der Waals surface area contributed by atoms with Crippen molar-refractivity contribution < 1.29 is 4.74 Å². The number of hydrazone groups is 1. The van der Waals surface area contributed by atoms with Crippen molar-refractivity contribution in [2.75, 3.05) is 7.11 Å². The van der Waals surface area contributed by atoms with Crippen molar-refractivity contribution >= 4 is 5.90 Å². The second-order valence-electron chi connectivity index (χ2n) is 1.25. The average molecular weight is 99.1 g/mol. The molecule has 1 N–H and O–H groups in total. The number of ether oxygens (including phenoxy) is 1. The van der Waals surface area contributed by atoms with Crippen LogP contribution < -0.4 is 5.43 Å². The van der Waals surface area contributed by atoms with Gasteiger partial charge < -0.3 is 10.2 Å². The minimum atomic E-state index is 0.750. The van der Waals surface area contributed by atoms with E-state index in [0.29, 0.717) is 0 Å². The van der Waals surface area contributed by atoms with Crippen LogP contribution in [0.4, 0.5) is 0 Å². The van der Waals surface area contributed by atoms with Crippen LogP contribution in [0.15, 0.2) is 5.10 Å². The Kier molecular flexibility index (Phi) is 1.15. The molecule has 1 rings (SSSR count). The lowest BCUT2D eigenvalue weighted by Gasteiger charge is -1.89. The van der Waals surface area contributed by atoms with Gasteiger partial charge in [-0.3, -0.25) is 0 Å². The average Bonchev–Trinajstić information content (AvgIpc) is 2.14. The molecule has 1 aliphatic rings. The minimum absolute atomic E-state index is 0.750. The van der Waals surface area contributed by atoms with E-state index in [4.69, 9.17) is 4.74 Å². The number of hydrogen-bond acceptors (Lipinski definition) is 3. The first kappa shape index (κ1) is 4.43. The lowest BCUT2D eigenvalue weighted by atomic mass is 10.5. The molecular formula is C4H7N2O. The summed E-state index contributed by atoms with van der Waals surface area (Å²) in [5, 5.41) is 3.74. The van der Waals surface area contributed by atoms with Crippen LogP contribution >= 0.6 is 0 Å². The first-order valence-electron chi connectivity index (χ1n) is 2.11. The molecule has 0 bridgehead atoms. The molecule has 39 valence electrons. The molecule has 3 heteroatoms. The molecule has 0 aromatic rings. The van der Waals surface area contributed by atoms with Gasteiger partial charge in [0.2, 0.25) is 5.90 Å². The van der Waals surface area contributed by atoms with Crippen molar-refractivity contribution in [1.29, 1.82) is 0 Å². The summed E-state index contributed by atoms with van der Waals surface area (Å²) in [6.45, 7) is 1.83. The van der Waals surface area contributed by atoms with Gasteiger partial charge in [-0.25, -0.2) is 0 Å². The van der Waals surface area contributed by atoms with Gasteiger partial charge in [-0.2, -0.15) is 0 Å². The number of nitrogens with zero attached hydrogens (tertiary/aromatic N) is 1. The van der Waals surface area contributed by atoms with Crippen LogP contribution in [0.25, 0.3) is 0 Å². The molecule has 0 saturated heterocycles. The van der Waals surface area contributed by atoms with Crippen molar-refractivity contribution in [2.45, 2.75) is 6.42 Å². The third-order valence-corrected chi connectivity index (χ3v) is 0.793. The fourth-order valence-electron chi connectivity index (χ4n) is 0.425. The van der Waals surface area contributed by atoms with E-state index >= 15 is 0 Å². The van der Waals surface area contributed by atoms with Crippen LogP contribution in [-0.4, -0.2) is 13.0 Å². The number of rotatable bonds is 0. The molecule has 0 aromatic heterocycles. The molecule has 0 aliphatic carbocycles. The third kappa shape index (κ3) is 0.824. The Bertz CT molecular complexity index is 89.7. The molecule has 0 fully saturated rings. The zero-order valence-corrected chi connectivity index (χ0v) is 4.14. The first-order chi connectivity index (χ1) is 3.43. The van der Waals surface area contributed by atoms with E-state index in [1.807, 2.05) is 6.54 Å². The van der Waals surface area contributed by atoms with Gasteiger partial charge in [-0.05, 0) is 0 Å². The Morgan fingerprint density at radius 2 is 2.86 bits per heavy atom. The Balaban J connectivity index is 2.36. The Morgan fingerprint density at radius 3 is 3.14 bits per heavy atom. The summed E-state index contributed by atoms with van der Waals surface area (Å²) in [6.07, 6.45) is 0.802. The van der Waals surface area contributed by atoms with E-state index in [1.165, 1.54) is 0 Å². The molecule has 1 heterocycles. The fourth-order valence-corrected chi connectivity index (χ4v) is 0.425. The summed E-state index contributed by atoms with van der Waals surface area (Å²) < 4.78 is 4.77. The van der Waals surface area contributed by atoms with Gasteiger partial charge in [-0.1, -0.05) is 0 Å². The summed E-state index contributed by atoms with van der Waals surface area (Å²) in [5.41, 5.74) is 2.66. The van der Waals surface area contributed by atoms with Gasteiger partial charge in [0.25, 0.3) is 0 Å². The molecule has 0 amide bonds. The van der Waals surface area contributed by atoms with Crippen LogP contribution in [0.3, 0.4) is 0 Å². The highest BCUT2D eigenvalue weighted by Crippen LogP contribution is 1.95. The Hall–Kier alpha value is -0.730. The van der Waals surface area contributed by atoms with E-state index in [2.05, 4.69) is 10.5 Å². The largest absolute Gasteiger partial charge is 0.483 e. The second-order valence-corrected chi connectivity index (χ2v) is 1.25.